The van der Waals surface area contributed by atoms with Crippen LogP contribution in [0.2, 0.25) is 0 Å². The number of nitrogens with zero attached hydrogens (tertiary/aromatic N) is 3. The van der Waals surface area contributed by atoms with Gasteiger partial charge in [0.1, 0.15) is 5.03 Å². The number of amides is 1. The third-order valence-electron chi connectivity index (χ3n) is 4.97. The zero-order chi connectivity index (χ0) is 22.0. The standard InChI is InChI=1S/C25H26N4OS/c1-17-23(18-11-7-5-8-12-18)24-27-20(25(2,3)4)15-22(29(24)28-17)31-16-21(30)26-19-13-9-6-10-14-19/h5-15H,16H2,1-4H3,(H,26,30). The Balaban J connectivity index is 1.71. The van der Waals surface area contributed by atoms with Crippen molar-refractivity contribution < 1.29 is 4.79 Å². The van der Waals surface area contributed by atoms with Crippen LogP contribution in [-0.4, -0.2) is 26.3 Å². The van der Waals surface area contributed by atoms with Crippen molar-refractivity contribution in [3.8, 4) is 11.1 Å². The number of hydrogen-bond donors (Lipinski definition) is 1. The second-order valence-corrected chi connectivity index (χ2v) is 9.49. The maximum atomic E-state index is 12.5. The molecule has 0 bridgehead atoms. The lowest BCUT2D eigenvalue weighted by atomic mass is 9.92. The molecule has 158 valence electrons. The van der Waals surface area contributed by atoms with Gasteiger partial charge >= 0.3 is 0 Å². The molecule has 0 saturated carbocycles. The number of hydrogen-bond acceptors (Lipinski definition) is 4. The number of rotatable bonds is 5. The van der Waals surface area contributed by atoms with Crippen LogP contribution in [-0.2, 0) is 10.2 Å². The zero-order valence-electron chi connectivity index (χ0n) is 18.2. The number of thioether (sulfide) groups is 1. The molecule has 4 aromatic rings. The minimum Gasteiger partial charge on any atom is -0.325 e. The van der Waals surface area contributed by atoms with E-state index in [-0.39, 0.29) is 17.1 Å². The van der Waals surface area contributed by atoms with Gasteiger partial charge < -0.3 is 5.32 Å². The first-order chi connectivity index (χ1) is 14.8. The lowest BCUT2D eigenvalue weighted by Crippen LogP contribution is -2.17. The van der Waals surface area contributed by atoms with Gasteiger partial charge in [0.15, 0.2) is 5.65 Å². The fourth-order valence-corrected chi connectivity index (χ4v) is 4.18. The molecule has 2 heterocycles. The summed E-state index contributed by atoms with van der Waals surface area (Å²) in [6, 6.07) is 21.8. The molecule has 1 N–H and O–H groups in total. The van der Waals surface area contributed by atoms with E-state index in [9.17, 15) is 4.79 Å². The first-order valence-electron chi connectivity index (χ1n) is 10.3. The predicted octanol–water partition coefficient (Wildman–Crippen LogP) is 5.73. The summed E-state index contributed by atoms with van der Waals surface area (Å²) in [6.45, 7) is 8.44. The number of anilines is 1. The second-order valence-electron chi connectivity index (χ2n) is 8.49. The van der Waals surface area contributed by atoms with E-state index in [4.69, 9.17) is 10.1 Å². The van der Waals surface area contributed by atoms with Gasteiger partial charge in [-0.2, -0.15) is 5.10 Å². The van der Waals surface area contributed by atoms with E-state index in [0.29, 0.717) is 0 Å². The van der Waals surface area contributed by atoms with Crippen LogP contribution < -0.4 is 5.32 Å². The molecule has 0 aliphatic carbocycles. The summed E-state index contributed by atoms with van der Waals surface area (Å²) in [7, 11) is 0. The predicted molar refractivity (Wildman–Crippen MR) is 128 cm³/mol. The van der Waals surface area contributed by atoms with Crippen LogP contribution in [0.25, 0.3) is 16.8 Å². The number of nitrogens with one attached hydrogen (secondary N) is 1. The molecule has 1 amide bonds. The Kier molecular flexibility index (Phi) is 5.83. The molecule has 31 heavy (non-hydrogen) atoms. The van der Waals surface area contributed by atoms with Crippen LogP contribution in [0.15, 0.2) is 71.8 Å². The van der Waals surface area contributed by atoms with E-state index in [1.807, 2.05) is 60.0 Å². The molecule has 0 fully saturated rings. The SMILES string of the molecule is Cc1nn2c(SCC(=O)Nc3ccccc3)cc(C(C)(C)C)nc2c1-c1ccccc1. The summed E-state index contributed by atoms with van der Waals surface area (Å²) in [5.74, 6) is 0.239. The lowest BCUT2D eigenvalue weighted by molar-refractivity contribution is -0.113. The summed E-state index contributed by atoms with van der Waals surface area (Å²) in [6.07, 6.45) is 0. The Morgan fingerprint density at radius 3 is 2.32 bits per heavy atom. The summed E-state index contributed by atoms with van der Waals surface area (Å²) < 4.78 is 1.87. The molecular weight excluding hydrogens is 404 g/mol. The minimum atomic E-state index is -0.129. The molecule has 0 atom stereocenters. The molecule has 0 unspecified atom stereocenters. The number of carbonyl (C=O) groups is 1. The van der Waals surface area contributed by atoms with Gasteiger partial charge in [-0.25, -0.2) is 9.50 Å². The molecule has 0 radical (unpaired) electrons. The number of aromatic nitrogens is 3. The van der Waals surface area contributed by atoms with Crippen LogP contribution in [0.4, 0.5) is 5.69 Å². The van der Waals surface area contributed by atoms with Gasteiger partial charge in [-0.05, 0) is 30.7 Å². The number of benzene rings is 2. The number of aryl methyl sites for hydroxylation is 1. The van der Waals surface area contributed by atoms with Crippen molar-refractivity contribution in [2.45, 2.75) is 38.1 Å². The molecule has 4 rings (SSSR count). The number of fused-ring (bicyclic) bond motifs is 1. The van der Waals surface area contributed by atoms with Gasteiger partial charge in [0, 0.05) is 16.7 Å². The molecule has 0 spiro atoms. The highest BCUT2D eigenvalue weighted by molar-refractivity contribution is 7.99. The van der Waals surface area contributed by atoms with Crippen LogP contribution in [0, 0.1) is 6.92 Å². The Hall–Kier alpha value is -3.12. The smallest absolute Gasteiger partial charge is 0.234 e. The van der Waals surface area contributed by atoms with Crippen molar-refractivity contribution in [2.24, 2.45) is 0 Å². The van der Waals surface area contributed by atoms with Crippen LogP contribution in [0.1, 0.15) is 32.2 Å². The first-order valence-corrected chi connectivity index (χ1v) is 11.3. The molecule has 0 aliphatic heterocycles. The van der Waals surface area contributed by atoms with Gasteiger partial charge in [-0.3, -0.25) is 4.79 Å². The monoisotopic (exact) mass is 430 g/mol. The molecule has 2 aromatic heterocycles. The normalized spacial score (nSPS) is 11.6. The molecule has 6 heteroatoms. The molecule has 0 aliphatic rings. The lowest BCUT2D eigenvalue weighted by Gasteiger charge is -2.19. The van der Waals surface area contributed by atoms with Crippen LogP contribution in [0.5, 0.6) is 0 Å². The maximum Gasteiger partial charge on any atom is 0.234 e. The van der Waals surface area contributed by atoms with Gasteiger partial charge in [0.25, 0.3) is 0 Å². The summed E-state index contributed by atoms with van der Waals surface area (Å²) in [4.78, 5) is 17.5. The zero-order valence-corrected chi connectivity index (χ0v) is 19.0. The third-order valence-corrected chi connectivity index (χ3v) is 5.96. The van der Waals surface area contributed by atoms with Gasteiger partial charge in [-0.1, -0.05) is 81.1 Å². The summed E-state index contributed by atoms with van der Waals surface area (Å²) in [5, 5.41) is 8.62. The number of para-hydroxylation sites is 1. The first kappa shape index (κ1) is 21.1. The average molecular weight is 431 g/mol. The topological polar surface area (TPSA) is 59.3 Å². The largest absolute Gasteiger partial charge is 0.325 e. The second kappa shape index (κ2) is 8.55. The van der Waals surface area contributed by atoms with Crippen molar-refractivity contribution in [1.29, 1.82) is 0 Å². The van der Waals surface area contributed by atoms with Crippen molar-refractivity contribution in [1.82, 2.24) is 14.6 Å². The fourth-order valence-electron chi connectivity index (χ4n) is 3.38. The summed E-state index contributed by atoms with van der Waals surface area (Å²) >= 11 is 1.47. The highest BCUT2D eigenvalue weighted by Crippen LogP contribution is 2.33. The fraction of sp³-hybridized carbons (Fsp3) is 0.240. The molecular formula is C25H26N4OS. The van der Waals surface area contributed by atoms with E-state index >= 15 is 0 Å². The van der Waals surface area contributed by atoms with E-state index in [1.54, 1.807) is 0 Å². The van der Waals surface area contributed by atoms with Crippen molar-refractivity contribution in [2.75, 3.05) is 11.1 Å². The van der Waals surface area contributed by atoms with Crippen LogP contribution >= 0.6 is 11.8 Å². The van der Waals surface area contributed by atoms with E-state index in [1.165, 1.54) is 11.8 Å². The Labute approximate surface area is 186 Å². The molecule has 2 aromatic carbocycles. The van der Waals surface area contributed by atoms with Crippen molar-refractivity contribution in [3.63, 3.8) is 0 Å². The Morgan fingerprint density at radius 2 is 1.68 bits per heavy atom. The highest BCUT2D eigenvalue weighted by Gasteiger charge is 2.22. The highest BCUT2D eigenvalue weighted by atomic mass is 32.2. The van der Waals surface area contributed by atoms with Gasteiger partial charge in [0.05, 0.1) is 17.1 Å². The summed E-state index contributed by atoms with van der Waals surface area (Å²) in [5.41, 5.74) is 5.50. The minimum absolute atomic E-state index is 0.0503. The number of carbonyl (C=O) groups excluding carboxylic acids is 1. The maximum absolute atomic E-state index is 12.5. The van der Waals surface area contributed by atoms with Crippen LogP contribution in [0.3, 0.4) is 0 Å². The van der Waals surface area contributed by atoms with Crippen molar-refractivity contribution >= 4 is 29.0 Å². The van der Waals surface area contributed by atoms with E-state index < -0.39 is 0 Å². The quantitative estimate of drug-likeness (QED) is 0.324. The van der Waals surface area contributed by atoms with Gasteiger partial charge in [0.2, 0.25) is 5.91 Å². The Morgan fingerprint density at radius 1 is 1.03 bits per heavy atom. The van der Waals surface area contributed by atoms with Gasteiger partial charge in [-0.15, -0.1) is 0 Å². The van der Waals surface area contributed by atoms with Crippen molar-refractivity contribution in [3.05, 3.63) is 78.1 Å². The average Bonchev–Trinajstić information content (AvgIpc) is 3.08. The molecule has 0 saturated heterocycles. The molecule has 5 nitrogen and oxygen atoms in total. The van der Waals surface area contributed by atoms with E-state index in [0.717, 1.165) is 38.9 Å². The third kappa shape index (κ3) is 4.64. The van der Waals surface area contributed by atoms with E-state index in [2.05, 4.69) is 44.3 Å². The Bertz CT molecular complexity index is 1210.